The highest BCUT2D eigenvalue weighted by molar-refractivity contribution is 5.97. The van der Waals surface area contributed by atoms with Gasteiger partial charge in [-0.05, 0) is 73.6 Å². The summed E-state index contributed by atoms with van der Waals surface area (Å²) in [4.78, 5) is 24.3. The molecule has 1 amide bonds. The molecule has 1 N–H and O–H groups in total. The van der Waals surface area contributed by atoms with E-state index >= 15 is 0 Å². The van der Waals surface area contributed by atoms with Gasteiger partial charge in [0.25, 0.3) is 0 Å². The summed E-state index contributed by atoms with van der Waals surface area (Å²) in [6.07, 6.45) is 4.97. The van der Waals surface area contributed by atoms with Gasteiger partial charge in [-0.15, -0.1) is 0 Å². The molecule has 4 heteroatoms. The van der Waals surface area contributed by atoms with Crippen LogP contribution in [0.5, 0.6) is 0 Å². The van der Waals surface area contributed by atoms with Crippen LogP contribution in [0.4, 0.5) is 4.39 Å². The summed E-state index contributed by atoms with van der Waals surface area (Å²) in [6, 6.07) is 11.8. The molecular formula is C22H24FNO2. The van der Waals surface area contributed by atoms with Gasteiger partial charge in [-0.1, -0.05) is 18.2 Å². The van der Waals surface area contributed by atoms with Crippen LogP contribution in [-0.2, 0) is 17.6 Å². The molecule has 0 saturated heterocycles. The first kappa shape index (κ1) is 18.3. The molecule has 3 rings (SSSR count). The van der Waals surface area contributed by atoms with Gasteiger partial charge < -0.3 is 5.32 Å². The van der Waals surface area contributed by atoms with E-state index in [9.17, 15) is 14.0 Å². The molecule has 0 saturated carbocycles. The van der Waals surface area contributed by atoms with E-state index in [1.807, 2.05) is 6.92 Å². The van der Waals surface area contributed by atoms with Gasteiger partial charge in [0.05, 0.1) is 6.04 Å². The number of halogens is 1. The summed E-state index contributed by atoms with van der Waals surface area (Å²) in [7, 11) is 0. The first-order valence-corrected chi connectivity index (χ1v) is 9.23. The quantitative estimate of drug-likeness (QED) is 0.775. The molecule has 0 bridgehead atoms. The van der Waals surface area contributed by atoms with Crippen molar-refractivity contribution < 1.29 is 14.0 Å². The van der Waals surface area contributed by atoms with Crippen molar-refractivity contribution in [1.82, 2.24) is 5.32 Å². The van der Waals surface area contributed by atoms with Crippen LogP contribution in [0.1, 0.15) is 65.7 Å². The number of hydrogen-bond donors (Lipinski definition) is 1. The van der Waals surface area contributed by atoms with Gasteiger partial charge >= 0.3 is 0 Å². The molecule has 0 heterocycles. The zero-order chi connectivity index (χ0) is 18.5. The second-order valence-electron chi connectivity index (χ2n) is 6.95. The van der Waals surface area contributed by atoms with Crippen molar-refractivity contribution in [3.05, 3.63) is 70.5 Å². The van der Waals surface area contributed by atoms with E-state index in [-0.39, 0.29) is 36.4 Å². The predicted molar refractivity (Wildman–Crippen MR) is 99.6 cm³/mol. The lowest BCUT2D eigenvalue weighted by atomic mass is 9.89. The Kier molecular flexibility index (Phi) is 5.82. The average Bonchev–Trinajstić information content (AvgIpc) is 2.66. The smallest absolute Gasteiger partial charge is 0.220 e. The van der Waals surface area contributed by atoms with Crippen molar-refractivity contribution in [2.24, 2.45) is 0 Å². The van der Waals surface area contributed by atoms with Gasteiger partial charge in [0.2, 0.25) is 5.91 Å². The van der Waals surface area contributed by atoms with Crippen LogP contribution in [0.25, 0.3) is 0 Å². The lowest BCUT2D eigenvalue weighted by Crippen LogP contribution is -2.27. The highest BCUT2D eigenvalue weighted by Gasteiger charge is 2.15. The first-order valence-electron chi connectivity index (χ1n) is 9.23. The maximum atomic E-state index is 12.9. The molecule has 1 atom stereocenters. The molecule has 0 radical (unpaired) electrons. The SMILES string of the molecule is C[C@@H](NC(=O)CCC(=O)c1ccc(F)cc1)c1ccc2c(c1)CCCC2. The fourth-order valence-electron chi connectivity index (χ4n) is 3.43. The fraction of sp³-hybridized carbons (Fsp3) is 0.364. The number of rotatable bonds is 6. The molecule has 26 heavy (non-hydrogen) atoms. The third kappa shape index (κ3) is 4.57. The number of fused-ring (bicyclic) bond motifs is 1. The summed E-state index contributed by atoms with van der Waals surface area (Å²) in [6.45, 7) is 1.96. The number of nitrogens with one attached hydrogen (secondary N) is 1. The minimum absolute atomic E-state index is 0.0874. The van der Waals surface area contributed by atoms with E-state index in [0.29, 0.717) is 5.56 Å². The summed E-state index contributed by atoms with van der Waals surface area (Å²) >= 11 is 0. The fourth-order valence-corrected chi connectivity index (χ4v) is 3.43. The monoisotopic (exact) mass is 353 g/mol. The third-order valence-corrected chi connectivity index (χ3v) is 5.00. The Hall–Kier alpha value is -2.49. The normalized spacial score (nSPS) is 14.4. The molecule has 3 nitrogen and oxygen atoms in total. The first-order chi connectivity index (χ1) is 12.5. The Balaban J connectivity index is 1.52. The number of amides is 1. The van der Waals surface area contributed by atoms with Crippen LogP contribution in [0.3, 0.4) is 0 Å². The zero-order valence-corrected chi connectivity index (χ0v) is 15.1. The van der Waals surface area contributed by atoms with Crippen molar-refractivity contribution >= 4 is 11.7 Å². The number of carbonyl (C=O) groups excluding carboxylic acids is 2. The van der Waals surface area contributed by atoms with Gasteiger partial charge in [-0.2, -0.15) is 0 Å². The molecule has 0 aliphatic heterocycles. The van der Waals surface area contributed by atoms with E-state index in [4.69, 9.17) is 0 Å². The van der Waals surface area contributed by atoms with Crippen LogP contribution < -0.4 is 5.32 Å². The summed E-state index contributed by atoms with van der Waals surface area (Å²) in [5, 5.41) is 2.97. The van der Waals surface area contributed by atoms with Crippen molar-refractivity contribution in [3.63, 3.8) is 0 Å². The predicted octanol–water partition coefficient (Wildman–Crippen LogP) is 4.54. The maximum absolute atomic E-state index is 12.9. The summed E-state index contributed by atoms with van der Waals surface area (Å²) < 4.78 is 12.9. The van der Waals surface area contributed by atoms with E-state index < -0.39 is 0 Å². The molecule has 136 valence electrons. The highest BCUT2D eigenvalue weighted by Crippen LogP contribution is 2.24. The Morgan fingerprint density at radius 2 is 1.69 bits per heavy atom. The van der Waals surface area contributed by atoms with Crippen LogP contribution in [0.2, 0.25) is 0 Å². The molecule has 2 aromatic rings. The average molecular weight is 353 g/mol. The summed E-state index contributed by atoms with van der Waals surface area (Å²) in [5.74, 6) is -0.676. The Morgan fingerprint density at radius 3 is 2.42 bits per heavy atom. The lowest BCUT2D eigenvalue weighted by Gasteiger charge is -2.20. The molecule has 0 aromatic heterocycles. The van der Waals surface area contributed by atoms with Gasteiger partial charge in [0.15, 0.2) is 5.78 Å². The molecule has 1 aliphatic carbocycles. The topological polar surface area (TPSA) is 46.2 Å². The minimum Gasteiger partial charge on any atom is -0.350 e. The van der Waals surface area contributed by atoms with Crippen LogP contribution in [-0.4, -0.2) is 11.7 Å². The van der Waals surface area contributed by atoms with E-state index in [2.05, 4.69) is 23.5 Å². The Morgan fingerprint density at radius 1 is 1.00 bits per heavy atom. The van der Waals surface area contributed by atoms with Crippen LogP contribution in [0, 0.1) is 5.82 Å². The molecular weight excluding hydrogens is 329 g/mol. The minimum atomic E-state index is -0.377. The number of carbonyl (C=O) groups is 2. The second kappa shape index (κ2) is 8.26. The van der Waals surface area contributed by atoms with E-state index in [1.54, 1.807) is 0 Å². The number of benzene rings is 2. The maximum Gasteiger partial charge on any atom is 0.220 e. The zero-order valence-electron chi connectivity index (χ0n) is 15.1. The third-order valence-electron chi connectivity index (χ3n) is 5.00. The van der Waals surface area contributed by atoms with E-state index in [1.165, 1.54) is 48.2 Å². The second-order valence-corrected chi connectivity index (χ2v) is 6.95. The highest BCUT2D eigenvalue weighted by atomic mass is 19.1. The molecule has 0 fully saturated rings. The Bertz CT molecular complexity index is 798. The van der Waals surface area contributed by atoms with Gasteiger partial charge in [0.1, 0.15) is 5.82 Å². The molecule has 1 aliphatic rings. The van der Waals surface area contributed by atoms with Crippen molar-refractivity contribution in [2.45, 2.75) is 51.5 Å². The molecule has 0 spiro atoms. The lowest BCUT2D eigenvalue weighted by molar-refractivity contribution is -0.121. The summed E-state index contributed by atoms with van der Waals surface area (Å²) in [5.41, 5.74) is 4.34. The van der Waals surface area contributed by atoms with Gasteiger partial charge in [0, 0.05) is 18.4 Å². The number of Topliss-reactive ketones (excluding diaryl/α,β-unsaturated/α-hetero) is 1. The van der Waals surface area contributed by atoms with Crippen LogP contribution >= 0.6 is 0 Å². The molecule has 2 aromatic carbocycles. The van der Waals surface area contributed by atoms with Crippen molar-refractivity contribution in [2.75, 3.05) is 0 Å². The van der Waals surface area contributed by atoms with Gasteiger partial charge in [-0.25, -0.2) is 4.39 Å². The Labute approximate surface area is 153 Å². The standard InChI is InChI=1S/C22H24FNO2/c1-15(18-7-6-16-4-2-3-5-19(16)14-18)24-22(26)13-12-21(25)17-8-10-20(23)11-9-17/h6-11,14-15H,2-5,12-13H2,1H3,(H,24,26)/t15-/m1/s1. The van der Waals surface area contributed by atoms with Crippen molar-refractivity contribution in [1.29, 1.82) is 0 Å². The van der Waals surface area contributed by atoms with Crippen LogP contribution in [0.15, 0.2) is 42.5 Å². The number of aryl methyl sites for hydroxylation is 2. The van der Waals surface area contributed by atoms with E-state index in [0.717, 1.165) is 18.4 Å². The molecule has 0 unspecified atom stereocenters. The number of ketones is 1. The largest absolute Gasteiger partial charge is 0.350 e. The van der Waals surface area contributed by atoms with Gasteiger partial charge in [-0.3, -0.25) is 9.59 Å². The number of hydrogen-bond acceptors (Lipinski definition) is 2. The van der Waals surface area contributed by atoms with Crippen molar-refractivity contribution in [3.8, 4) is 0 Å².